The average molecular weight is 145 g/mol. The summed E-state index contributed by atoms with van der Waals surface area (Å²) < 4.78 is 0. The number of hydrogen-bond donors (Lipinski definition) is 1. The molecule has 0 aromatic heterocycles. The minimum Gasteiger partial charge on any atom is -0.392 e. The van der Waals surface area contributed by atoms with E-state index in [1.807, 2.05) is 20.9 Å². The lowest BCUT2D eigenvalue weighted by Crippen LogP contribution is -2.41. The molecule has 0 saturated heterocycles. The summed E-state index contributed by atoms with van der Waals surface area (Å²) in [6.45, 7) is 8.10. The third-order valence-corrected chi connectivity index (χ3v) is 2.16. The van der Waals surface area contributed by atoms with Crippen molar-refractivity contribution in [3.63, 3.8) is 0 Å². The zero-order valence-electron chi connectivity index (χ0n) is 7.63. The molecule has 0 saturated carbocycles. The minimum atomic E-state index is -0.243. The summed E-state index contributed by atoms with van der Waals surface area (Å²) in [6, 6.07) is 0.754. The van der Waals surface area contributed by atoms with Crippen LogP contribution in [0.5, 0.6) is 0 Å². The third-order valence-electron chi connectivity index (χ3n) is 2.16. The summed E-state index contributed by atoms with van der Waals surface area (Å²) in [5, 5.41) is 9.20. The highest BCUT2D eigenvalue weighted by Gasteiger charge is 2.15. The molecule has 0 rings (SSSR count). The van der Waals surface area contributed by atoms with Crippen molar-refractivity contribution in [3.05, 3.63) is 0 Å². The molecule has 0 fully saturated rings. The van der Waals surface area contributed by atoms with Gasteiger partial charge in [-0.05, 0) is 34.7 Å². The second-order valence-corrected chi connectivity index (χ2v) is 3.24. The van der Waals surface area contributed by atoms with Gasteiger partial charge in [-0.15, -0.1) is 0 Å². The smallest absolute Gasteiger partial charge is 0.0664 e. The molecular formula is C8H19NO. The maximum Gasteiger partial charge on any atom is 0.0664 e. The Morgan fingerprint density at radius 2 is 1.50 bits per heavy atom. The first-order valence-corrected chi connectivity index (χ1v) is 3.86. The molecule has 2 unspecified atom stereocenters. The largest absolute Gasteiger partial charge is 0.392 e. The Morgan fingerprint density at radius 1 is 1.10 bits per heavy atom. The Morgan fingerprint density at radius 3 is 1.60 bits per heavy atom. The number of hydrogen-bond acceptors (Lipinski definition) is 2. The number of nitrogens with zero attached hydrogens (tertiary/aromatic N) is 1. The van der Waals surface area contributed by atoms with Gasteiger partial charge in [0, 0.05) is 12.1 Å². The van der Waals surface area contributed by atoms with E-state index < -0.39 is 0 Å². The van der Waals surface area contributed by atoms with Gasteiger partial charge in [0.25, 0.3) is 0 Å². The van der Waals surface area contributed by atoms with E-state index in [0.717, 1.165) is 0 Å². The van der Waals surface area contributed by atoms with Crippen molar-refractivity contribution in [2.45, 2.75) is 45.9 Å². The molecule has 0 amide bonds. The van der Waals surface area contributed by atoms with Gasteiger partial charge in [0.05, 0.1) is 6.10 Å². The van der Waals surface area contributed by atoms with Crippen molar-refractivity contribution in [2.24, 2.45) is 0 Å². The Kier molecular flexibility index (Phi) is 3.91. The van der Waals surface area contributed by atoms with E-state index in [0.29, 0.717) is 6.04 Å². The number of aliphatic hydroxyl groups is 1. The fourth-order valence-electron chi connectivity index (χ4n) is 0.811. The summed E-state index contributed by atoms with van der Waals surface area (Å²) in [5.74, 6) is 0. The minimum absolute atomic E-state index is 0.243. The van der Waals surface area contributed by atoms with Crippen LogP contribution in [0.2, 0.25) is 0 Å². The van der Waals surface area contributed by atoms with E-state index in [9.17, 15) is 5.11 Å². The van der Waals surface area contributed by atoms with Crippen molar-refractivity contribution in [3.8, 4) is 0 Å². The molecule has 0 radical (unpaired) electrons. The van der Waals surface area contributed by atoms with E-state index in [-0.39, 0.29) is 12.1 Å². The molecule has 10 heavy (non-hydrogen) atoms. The molecule has 0 bridgehead atoms. The van der Waals surface area contributed by atoms with E-state index in [1.165, 1.54) is 0 Å². The molecule has 0 spiro atoms. The highest BCUT2D eigenvalue weighted by Crippen LogP contribution is 2.04. The summed E-state index contributed by atoms with van der Waals surface area (Å²) in [5.41, 5.74) is 0. The van der Waals surface area contributed by atoms with Crippen LogP contribution in [0.4, 0.5) is 0 Å². The molecule has 2 heteroatoms. The first kappa shape index (κ1) is 9.92. The lowest BCUT2D eigenvalue weighted by molar-refractivity contribution is 0.0701. The van der Waals surface area contributed by atoms with Gasteiger partial charge in [-0.2, -0.15) is 0 Å². The van der Waals surface area contributed by atoms with Crippen molar-refractivity contribution in [2.75, 3.05) is 7.05 Å². The van der Waals surface area contributed by atoms with Crippen LogP contribution in [0.25, 0.3) is 0 Å². The predicted molar refractivity (Wildman–Crippen MR) is 44.0 cm³/mol. The van der Waals surface area contributed by atoms with E-state index in [1.54, 1.807) is 0 Å². The van der Waals surface area contributed by atoms with Crippen LogP contribution in [-0.4, -0.2) is 35.2 Å². The standard InChI is InChI=1S/C8H19NO/c1-6(2)9(5)7(3)8(4)10/h6-8,10H,1-5H3. The number of rotatable bonds is 3. The zero-order chi connectivity index (χ0) is 8.31. The second-order valence-electron chi connectivity index (χ2n) is 3.24. The van der Waals surface area contributed by atoms with Crippen LogP contribution in [0.15, 0.2) is 0 Å². The fourth-order valence-corrected chi connectivity index (χ4v) is 0.811. The van der Waals surface area contributed by atoms with Gasteiger partial charge in [-0.1, -0.05) is 0 Å². The van der Waals surface area contributed by atoms with Crippen LogP contribution >= 0.6 is 0 Å². The van der Waals surface area contributed by atoms with Crippen LogP contribution < -0.4 is 0 Å². The first-order chi connectivity index (χ1) is 4.46. The Balaban J connectivity index is 3.81. The van der Waals surface area contributed by atoms with Crippen LogP contribution in [-0.2, 0) is 0 Å². The molecule has 1 N–H and O–H groups in total. The van der Waals surface area contributed by atoms with Crippen molar-refractivity contribution in [1.29, 1.82) is 0 Å². The predicted octanol–water partition coefficient (Wildman–Crippen LogP) is 1.10. The molecule has 62 valence electrons. The quantitative estimate of drug-likeness (QED) is 0.642. The first-order valence-electron chi connectivity index (χ1n) is 3.86. The number of aliphatic hydroxyl groups excluding tert-OH is 1. The summed E-state index contributed by atoms with van der Waals surface area (Å²) in [7, 11) is 2.03. The maximum absolute atomic E-state index is 9.20. The van der Waals surface area contributed by atoms with Gasteiger partial charge >= 0.3 is 0 Å². The molecule has 0 aliphatic heterocycles. The lowest BCUT2D eigenvalue weighted by atomic mass is 10.1. The van der Waals surface area contributed by atoms with Gasteiger partial charge in [0.1, 0.15) is 0 Å². The number of likely N-dealkylation sites (N-methyl/N-ethyl adjacent to an activating group) is 1. The topological polar surface area (TPSA) is 23.5 Å². The highest BCUT2D eigenvalue weighted by molar-refractivity contribution is 4.70. The van der Waals surface area contributed by atoms with Crippen molar-refractivity contribution >= 4 is 0 Å². The van der Waals surface area contributed by atoms with Crippen molar-refractivity contribution < 1.29 is 5.11 Å². The van der Waals surface area contributed by atoms with Gasteiger partial charge in [0.2, 0.25) is 0 Å². The highest BCUT2D eigenvalue weighted by atomic mass is 16.3. The second kappa shape index (κ2) is 3.94. The molecule has 2 atom stereocenters. The van der Waals surface area contributed by atoms with E-state index in [4.69, 9.17) is 0 Å². The molecule has 0 aliphatic carbocycles. The summed E-state index contributed by atoms with van der Waals surface area (Å²) >= 11 is 0. The molecule has 0 heterocycles. The normalized spacial score (nSPS) is 18.0. The monoisotopic (exact) mass is 145 g/mol. The molecule has 2 nitrogen and oxygen atoms in total. The van der Waals surface area contributed by atoms with Crippen LogP contribution in [0.3, 0.4) is 0 Å². The van der Waals surface area contributed by atoms with Gasteiger partial charge < -0.3 is 5.11 Å². The molecule has 0 aromatic carbocycles. The summed E-state index contributed by atoms with van der Waals surface area (Å²) in [6.07, 6.45) is -0.243. The molecule has 0 aromatic rings. The third kappa shape index (κ3) is 2.67. The van der Waals surface area contributed by atoms with E-state index >= 15 is 0 Å². The molecular weight excluding hydrogens is 126 g/mol. The summed E-state index contributed by atoms with van der Waals surface area (Å²) in [4.78, 5) is 2.16. The average Bonchev–Trinajstić information content (AvgIpc) is 1.84. The Hall–Kier alpha value is -0.0800. The maximum atomic E-state index is 9.20. The van der Waals surface area contributed by atoms with Crippen LogP contribution in [0, 0.1) is 0 Å². The van der Waals surface area contributed by atoms with Gasteiger partial charge in [0.15, 0.2) is 0 Å². The fraction of sp³-hybridized carbons (Fsp3) is 1.00. The van der Waals surface area contributed by atoms with E-state index in [2.05, 4.69) is 18.7 Å². The molecule has 0 aliphatic rings. The van der Waals surface area contributed by atoms with Crippen molar-refractivity contribution in [1.82, 2.24) is 4.90 Å². The lowest BCUT2D eigenvalue weighted by Gasteiger charge is -2.30. The SMILES string of the molecule is CC(O)C(C)N(C)C(C)C. The Labute approximate surface area is 63.8 Å². The van der Waals surface area contributed by atoms with Gasteiger partial charge in [-0.3, -0.25) is 4.90 Å². The Bertz CT molecular complexity index is 79.3. The van der Waals surface area contributed by atoms with Gasteiger partial charge in [-0.25, -0.2) is 0 Å². The van der Waals surface area contributed by atoms with Crippen LogP contribution in [0.1, 0.15) is 27.7 Å². The zero-order valence-corrected chi connectivity index (χ0v) is 7.63.